The summed E-state index contributed by atoms with van der Waals surface area (Å²) in [6, 6.07) is 0. The molecule has 0 spiro atoms. The Kier molecular flexibility index (Phi) is 1.70. The minimum atomic E-state index is 0.701. The van der Waals surface area contributed by atoms with Crippen LogP contribution in [-0.4, -0.2) is 17.1 Å². The van der Waals surface area contributed by atoms with Crippen LogP contribution in [-0.2, 0) is 0 Å². The van der Waals surface area contributed by atoms with Gasteiger partial charge in [0, 0.05) is 0 Å². The molecule has 72 valence electrons. The highest BCUT2D eigenvalue weighted by atomic mass is 32.1. The lowest BCUT2D eigenvalue weighted by molar-refractivity contribution is 0.403. The van der Waals surface area contributed by atoms with Crippen LogP contribution in [0.4, 0.5) is 0 Å². The fourth-order valence-electron chi connectivity index (χ4n) is 1.68. The minimum absolute atomic E-state index is 0.701. The van der Waals surface area contributed by atoms with Crippen molar-refractivity contribution in [3.63, 3.8) is 0 Å². The van der Waals surface area contributed by atoms with Crippen molar-refractivity contribution < 1.29 is 4.74 Å². The molecule has 1 aliphatic rings. The van der Waals surface area contributed by atoms with Gasteiger partial charge in [-0.1, -0.05) is 0 Å². The van der Waals surface area contributed by atoms with Crippen LogP contribution in [0.25, 0.3) is 10.2 Å². The van der Waals surface area contributed by atoms with Crippen molar-refractivity contribution in [3.05, 3.63) is 17.3 Å². The standard InChI is InChI=1S/C10H10N2OS/c1-13-10-9-8(11-5-12-10)7(4-14-9)6-2-3-6/h4-6H,2-3H2,1H3. The molecule has 0 atom stereocenters. The van der Waals surface area contributed by atoms with Gasteiger partial charge >= 0.3 is 0 Å². The molecule has 0 aliphatic heterocycles. The van der Waals surface area contributed by atoms with Gasteiger partial charge in [-0.15, -0.1) is 11.3 Å². The number of fused-ring (bicyclic) bond motifs is 1. The van der Waals surface area contributed by atoms with Crippen molar-refractivity contribution in [1.29, 1.82) is 0 Å². The lowest BCUT2D eigenvalue weighted by Crippen LogP contribution is -1.89. The maximum atomic E-state index is 5.20. The largest absolute Gasteiger partial charge is 0.480 e. The van der Waals surface area contributed by atoms with Gasteiger partial charge in [-0.05, 0) is 29.7 Å². The van der Waals surface area contributed by atoms with Crippen LogP contribution in [0.5, 0.6) is 5.88 Å². The molecule has 0 amide bonds. The Hall–Kier alpha value is -1.16. The van der Waals surface area contributed by atoms with Crippen molar-refractivity contribution in [3.8, 4) is 5.88 Å². The monoisotopic (exact) mass is 206 g/mol. The van der Waals surface area contributed by atoms with E-state index >= 15 is 0 Å². The van der Waals surface area contributed by atoms with Crippen molar-refractivity contribution in [2.45, 2.75) is 18.8 Å². The number of ether oxygens (including phenoxy) is 1. The predicted molar refractivity (Wildman–Crippen MR) is 55.9 cm³/mol. The highest BCUT2D eigenvalue weighted by Gasteiger charge is 2.27. The Morgan fingerprint density at radius 3 is 3.00 bits per heavy atom. The molecule has 4 heteroatoms. The van der Waals surface area contributed by atoms with Crippen LogP contribution >= 0.6 is 11.3 Å². The van der Waals surface area contributed by atoms with Crippen LogP contribution in [0.1, 0.15) is 24.3 Å². The molecular weight excluding hydrogens is 196 g/mol. The van der Waals surface area contributed by atoms with Gasteiger partial charge < -0.3 is 4.74 Å². The van der Waals surface area contributed by atoms with Crippen molar-refractivity contribution in [1.82, 2.24) is 9.97 Å². The van der Waals surface area contributed by atoms with Crippen LogP contribution in [0.15, 0.2) is 11.7 Å². The summed E-state index contributed by atoms with van der Waals surface area (Å²) in [6.07, 6.45) is 4.19. The second-order valence-electron chi connectivity index (χ2n) is 3.53. The molecule has 2 aromatic rings. The molecule has 2 heterocycles. The van der Waals surface area contributed by atoms with Gasteiger partial charge in [0.05, 0.1) is 12.6 Å². The molecule has 14 heavy (non-hydrogen) atoms. The fraction of sp³-hybridized carbons (Fsp3) is 0.400. The lowest BCUT2D eigenvalue weighted by atomic mass is 10.2. The molecule has 3 nitrogen and oxygen atoms in total. The average molecular weight is 206 g/mol. The molecule has 1 saturated carbocycles. The fourth-order valence-corrected chi connectivity index (χ4v) is 2.74. The first-order valence-corrected chi connectivity index (χ1v) is 5.54. The van der Waals surface area contributed by atoms with Gasteiger partial charge in [0.25, 0.3) is 0 Å². The molecule has 2 aromatic heterocycles. The summed E-state index contributed by atoms with van der Waals surface area (Å²) in [5, 5.41) is 2.19. The van der Waals surface area contributed by atoms with E-state index in [4.69, 9.17) is 4.74 Å². The van der Waals surface area contributed by atoms with E-state index in [1.165, 1.54) is 18.4 Å². The first-order chi connectivity index (χ1) is 6.90. The maximum absolute atomic E-state index is 5.20. The zero-order valence-electron chi connectivity index (χ0n) is 7.86. The van der Waals surface area contributed by atoms with E-state index in [9.17, 15) is 0 Å². The normalized spacial score (nSPS) is 16.1. The number of aromatic nitrogens is 2. The van der Waals surface area contributed by atoms with Gasteiger partial charge in [-0.2, -0.15) is 0 Å². The number of rotatable bonds is 2. The quantitative estimate of drug-likeness (QED) is 0.757. The van der Waals surface area contributed by atoms with Crippen LogP contribution in [0.2, 0.25) is 0 Å². The van der Waals surface area contributed by atoms with Crippen molar-refractivity contribution in [2.75, 3.05) is 7.11 Å². The van der Waals surface area contributed by atoms with Gasteiger partial charge in [0.2, 0.25) is 5.88 Å². The molecule has 0 bridgehead atoms. The van der Waals surface area contributed by atoms with E-state index in [1.807, 2.05) is 0 Å². The molecule has 0 saturated heterocycles. The van der Waals surface area contributed by atoms with E-state index in [2.05, 4.69) is 15.3 Å². The Labute approximate surface area is 85.8 Å². The number of hydrogen-bond acceptors (Lipinski definition) is 4. The SMILES string of the molecule is COc1ncnc2c(C3CC3)csc12. The zero-order valence-corrected chi connectivity index (χ0v) is 8.67. The lowest BCUT2D eigenvalue weighted by Gasteiger charge is -1.98. The number of thiophene rings is 1. The smallest absolute Gasteiger partial charge is 0.234 e. The molecule has 0 radical (unpaired) electrons. The second-order valence-corrected chi connectivity index (χ2v) is 4.41. The summed E-state index contributed by atoms with van der Waals surface area (Å²) in [5.41, 5.74) is 2.47. The summed E-state index contributed by atoms with van der Waals surface area (Å²) in [6.45, 7) is 0. The third-order valence-corrected chi connectivity index (χ3v) is 3.53. The van der Waals surface area contributed by atoms with E-state index in [0.717, 1.165) is 16.1 Å². The highest BCUT2D eigenvalue weighted by molar-refractivity contribution is 7.17. The molecule has 0 unspecified atom stereocenters. The summed E-state index contributed by atoms with van der Waals surface area (Å²) >= 11 is 1.68. The van der Waals surface area contributed by atoms with Gasteiger partial charge in [-0.25, -0.2) is 9.97 Å². The Bertz CT molecular complexity index is 476. The van der Waals surface area contributed by atoms with Crippen LogP contribution < -0.4 is 4.74 Å². The molecule has 3 rings (SSSR count). The Balaban J connectivity index is 2.25. The third kappa shape index (κ3) is 1.10. The Morgan fingerprint density at radius 1 is 1.43 bits per heavy atom. The predicted octanol–water partition coefficient (Wildman–Crippen LogP) is 2.58. The van der Waals surface area contributed by atoms with E-state index in [0.29, 0.717) is 5.88 Å². The topological polar surface area (TPSA) is 35.0 Å². The number of nitrogens with zero attached hydrogens (tertiary/aromatic N) is 2. The van der Waals surface area contributed by atoms with Crippen molar-refractivity contribution in [2.24, 2.45) is 0 Å². The molecule has 1 fully saturated rings. The number of methoxy groups -OCH3 is 1. The third-order valence-electron chi connectivity index (χ3n) is 2.56. The molecule has 1 aliphatic carbocycles. The van der Waals surface area contributed by atoms with Gasteiger partial charge in [0.15, 0.2) is 0 Å². The average Bonchev–Trinajstić information content (AvgIpc) is 2.97. The van der Waals surface area contributed by atoms with E-state index in [-0.39, 0.29) is 0 Å². The summed E-state index contributed by atoms with van der Waals surface area (Å²) in [4.78, 5) is 8.43. The Morgan fingerprint density at radius 2 is 2.29 bits per heavy atom. The molecule has 0 aromatic carbocycles. The van der Waals surface area contributed by atoms with Gasteiger partial charge in [0.1, 0.15) is 11.0 Å². The van der Waals surface area contributed by atoms with Crippen molar-refractivity contribution >= 4 is 21.6 Å². The van der Waals surface area contributed by atoms with E-state index < -0.39 is 0 Å². The summed E-state index contributed by atoms with van der Waals surface area (Å²) in [7, 11) is 1.65. The number of hydrogen-bond donors (Lipinski definition) is 0. The van der Waals surface area contributed by atoms with Crippen LogP contribution in [0, 0.1) is 0 Å². The molecule has 0 N–H and O–H groups in total. The van der Waals surface area contributed by atoms with Crippen LogP contribution in [0.3, 0.4) is 0 Å². The molecular formula is C10H10N2OS. The van der Waals surface area contributed by atoms with Gasteiger partial charge in [-0.3, -0.25) is 0 Å². The van der Waals surface area contributed by atoms with E-state index in [1.54, 1.807) is 24.8 Å². The first-order valence-electron chi connectivity index (χ1n) is 4.66. The zero-order chi connectivity index (χ0) is 9.54. The summed E-state index contributed by atoms with van der Waals surface area (Å²) in [5.74, 6) is 1.44. The first kappa shape index (κ1) is 8.17. The maximum Gasteiger partial charge on any atom is 0.234 e. The summed E-state index contributed by atoms with van der Waals surface area (Å²) < 4.78 is 6.28. The minimum Gasteiger partial charge on any atom is -0.480 e. The highest BCUT2D eigenvalue weighted by Crippen LogP contribution is 2.45. The second kappa shape index (κ2) is 2.92.